The maximum atomic E-state index is 12.7. The zero-order valence-corrected chi connectivity index (χ0v) is 14.7. The molecule has 0 aliphatic heterocycles. The predicted octanol–water partition coefficient (Wildman–Crippen LogP) is 2.33. The van der Waals surface area contributed by atoms with E-state index in [0.717, 1.165) is 0 Å². The van der Waals surface area contributed by atoms with Gasteiger partial charge in [0.1, 0.15) is 6.54 Å². The summed E-state index contributed by atoms with van der Waals surface area (Å²) in [5.41, 5.74) is 1.31. The number of fused-ring (bicyclic) bond motifs is 2. The Morgan fingerprint density at radius 1 is 1.04 bits per heavy atom. The lowest BCUT2D eigenvalue weighted by Gasteiger charge is -2.22. The third-order valence-corrected chi connectivity index (χ3v) is 4.57. The second-order valence-corrected chi connectivity index (χ2v) is 6.46. The average molecular weight is 352 g/mol. The summed E-state index contributed by atoms with van der Waals surface area (Å²) in [5.74, 6) is -1.80. The van der Waals surface area contributed by atoms with E-state index in [1.54, 1.807) is 38.2 Å². The van der Waals surface area contributed by atoms with E-state index < -0.39 is 11.9 Å². The van der Waals surface area contributed by atoms with Gasteiger partial charge in [-0.25, -0.2) is 0 Å². The van der Waals surface area contributed by atoms with Gasteiger partial charge in [0.15, 0.2) is 5.43 Å². The van der Waals surface area contributed by atoms with Gasteiger partial charge in [-0.1, -0.05) is 31.2 Å². The molecule has 1 amide bonds. The number of carboxylic acids is 1. The lowest BCUT2D eigenvalue weighted by atomic mass is 10.1. The number of carboxylic acid groups (broad SMARTS) is 1. The van der Waals surface area contributed by atoms with Crippen molar-refractivity contribution in [3.8, 4) is 0 Å². The van der Waals surface area contributed by atoms with Crippen molar-refractivity contribution in [3.05, 3.63) is 58.8 Å². The average Bonchev–Trinajstić information content (AvgIpc) is 2.64. The second-order valence-electron chi connectivity index (χ2n) is 6.46. The highest BCUT2D eigenvalue weighted by Gasteiger charge is 2.19. The Hall–Kier alpha value is -3.15. The minimum Gasteiger partial charge on any atom is -0.481 e. The highest BCUT2D eigenvalue weighted by molar-refractivity contribution is 5.94. The molecule has 134 valence electrons. The number of para-hydroxylation sites is 2. The highest BCUT2D eigenvalue weighted by atomic mass is 16.4. The van der Waals surface area contributed by atoms with Gasteiger partial charge in [0.25, 0.3) is 0 Å². The summed E-state index contributed by atoms with van der Waals surface area (Å²) in [4.78, 5) is 37.8. The number of amides is 1. The van der Waals surface area contributed by atoms with Gasteiger partial charge in [-0.3, -0.25) is 14.4 Å². The molecule has 3 aromatic rings. The first-order valence-electron chi connectivity index (χ1n) is 8.37. The summed E-state index contributed by atoms with van der Waals surface area (Å²) >= 11 is 0. The molecule has 1 atom stereocenters. The van der Waals surface area contributed by atoms with E-state index in [1.807, 2.05) is 28.8 Å². The normalized spacial score (nSPS) is 12.2. The third kappa shape index (κ3) is 3.18. The number of nitrogens with zero attached hydrogens (tertiary/aromatic N) is 2. The molecule has 26 heavy (non-hydrogen) atoms. The first-order valence-corrected chi connectivity index (χ1v) is 8.37. The van der Waals surface area contributed by atoms with Crippen LogP contribution < -0.4 is 5.43 Å². The lowest BCUT2D eigenvalue weighted by Crippen LogP contribution is -2.36. The number of benzene rings is 2. The molecule has 6 heteroatoms. The smallest absolute Gasteiger partial charge is 0.308 e. The number of carbonyl (C=O) groups is 2. The van der Waals surface area contributed by atoms with Crippen molar-refractivity contribution in [2.24, 2.45) is 5.92 Å². The standard InChI is InChI=1S/C20H20N2O4/c1-13(20(25)26)11-21(2)18(23)12-22-16-9-5-3-7-14(16)19(24)15-8-4-6-10-17(15)22/h3-10,13H,11-12H2,1-2H3,(H,25,26). The maximum absolute atomic E-state index is 12.7. The number of aromatic nitrogens is 1. The summed E-state index contributed by atoms with van der Waals surface area (Å²) in [6, 6.07) is 14.4. The number of hydrogen-bond donors (Lipinski definition) is 1. The SMILES string of the molecule is CC(CN(C)C(=O)Cn1c2ccccc2c(=O)c2ccccc21)C(=O)O. The van der Waals surface area contributed by atoms with Crippen molar-refractivity contribution in [3.63, 3.8) is 0 Å². The fourth-order valence-electron chi connectivity index (χ4n) is 3.09. The molecule has 0 bridgehead atoms. The van der Waals surface area contributed by atoms with Crippen molar-refractivity contribution in [1.82, 2.24) is 9.47 Å². The third-order valence-electron chi connectivity index (χ3n) is 4.57. The molecule has 0 aliphatic carbocycles. The van der Waals surface area contributed by atoms with Gasteiger partial charge in [-0.05, 0) is 24.3 Å². The molecule has 0 aliphatic rings. The Labute approximate surface area is 150 Å². The molecule has 2 aromatic carbocycles. The zero-order chi connectivity index (χ0) is 18.8. The van der Waals surface area contributed by atoms with Crippen LogP contribution in [-0.2, 0) is 16.1 Å². The summed E-state index contributed by atoms with van der Waals surface area (Å²) in [6.07, 6.45) is 0. The fourth-order valence-corrected chi connectivity index (χ4v) is 3.09. The van der Waals surface area contributed by atoms with Crippen LogP contribution in [0.3, 0.4) is 0 Å². The molecular weight excluding hydrogens is 332 g/mol. The number of likely N-dealkylation sites (N-methyl/N-ethyl adjacent to an activating group) is 1. The summed E-state index contributed by atoms with van der Waals surface area (Å²) in [6.45, 7) is 1.73. The van der Waals surface area contributed by atoms with E-state index in [4.69, 9.17) is 5.11 Å². The lowest BCUT2D eigenvalue weighted by molar-refractivity contribution is -0.142. The van der Waals surface area contributed by atoms with Gasteiger partial charge >= 0.3 is 5.97 Å². The van der Waals surface area contributed by atoms with E-state index in [0.29, 0.717) is 21.8 Å². The minimum absolute atomic E-state index is 0.0319. The number of rotatable bonds is 5. The fraction of sp³-hybridized carbons (Fsp3) is 0.250. The number of pyridine rings is 1. The highest BCUT2D eigenvalue weighted by Crippen LogP contribution is 2.19. The Morgan fingerprint density at radius 2 is 1.54 bits per heavy atom. The van der Waals surface area contributed by atoms with E-state index in [-0.39, 0.29) is 24.4 Å². The number of hydrogen-bond acceptors (Lipinski definition) is 3. The van der Waals surface area contributed by atoms with E-state index in [1.165, 1.54) is 4.90 Å². The predicted molar refractivity (Wildman–Crippen MR) is 100 cm³/mol. The van der Waals surface area contributed by atoms with E-state index in [9.17, 15) is 14.4 Å². The summed E-state index contributed by atoms with van der Waals surface area (Å²) < 4.78 is 1.82. The van der Waals surface area contributed by atoms with Gasteiger partial charge < -0.3 is 14.6 Å². The van der Waals surface area contributed by atoms with E-state index in [2.05, 4.69) is 0 Å². The largest absolute Gasteiger partial charge is 0.481 e. The Morgan fingerprint density at radius 3 is 2.04 bits per heavy atom. The zero-order valence-electron chi connectivity index (χ0n) is 14.7. The molecule has 0 radical (unpaired) electrons. The van der Waals surface area contributed by atoms with Crippen molar-refractivity contribution in [1.29, 1.82) is 0 Å². The summed E-state index contributed by atoms with van der Waals surface area (Å²) in [7, 11) is 1.59. The van der Waals surface area contributed by atoms with Crippen LogP contribution in [0.2, 0.25) is 0 Å². The van der Waals surface area contributed by atoms with Crippen LogP contribution in [0.1, 0.15) is 6.92 Å². The summed E-state index contributed by atoms with van der Waals surface area (Å²) in [5, 5.41) is 10.1. The second kappa shape index (κ2) is 7.00. The molecule has 0 fully saturated rings. The monoisotopic (exact) mass is 352 g/mol. The molecule has 0 saturated heterocycles. The number of carbonyl (C=O) groups excluding carboxylic acids is 1. The quantitative estimate of drug-likeness (QED) is 0.715. The van der Waals surface area contributed by atoms with Crippen LogP contribution >= 0.6 is 0 Å². The van der Waals surface area contributed by atoms with Crippen LogP contribution in [-0.4, -0.2) is 40.0 Å². The van der Waals surface area contributed by atoms with Crippen LogP contribution in [0.25, 0.3) is 21.8 Å². The van der Waals surface area contributed by atoms with Crippen LogP contribution in [0.15, 0.2) is 53.3 Å². The molecule has 1 heterocycles. The molecule has 1 unspecified atom stereocenters. The first kappa shape index (κ1) is 17.7. The van der Waals surface area contributed by atoms with Crippen molar-refractivity contribution in [2.75, 3.05) is 13.6 Å². The molecule has 1 aromatic heterocycles. The maximum Gasteiger partial charge on any atom is 0.308 e. The van der Waals surface area contributed by atoms with Crippen molar-refractivity contribution < 1.29 is 14.7 Å². The molecule has 1 N–H and O–H groups in total. The first-order chi connectivity index (χ1) is 12.4. The van der Waals surface area contributed by atoms with Crippen LogP contribution in [0, 0.1) is 5.92 Å². The topological polar surface area (TPSA) is 79.6 Å². The van der Waals surface area contributed by atoms with Crippen molar-refractivity contribution >= 4 is 33.7 Å². The Balaban J connectivity index is 2.06. The van der Waals surface area contributed by atoms with Crippen LogP contribution in [0.5, 0.6) is 0 Å². The molecular formula is C20H20N2O4. The van der Waals surface area contributed by atoms with E-state index >= 15 is 0 Å². The molecule has 6 nitrogen and oxygen atoms in total. The number of aliphatic carboxylic acids is 1. The minimum atomic E-state index is -0.941. The van der Waals surface area contributed by atoms with Gasteiger partial charge in [-0.15, -0.1) is 0 Å². The van der Waals surface area contributed by atoms with Crippen LogP contribution in [0.4, 0.5) is 0 Å². The van der Waals surface area contributed by atoms with Gasteiger partial charge in [-0.2, -0.15) is 0 Å². The van der Waals surface area contributed by atoms with Gasteiger partial charge in [0.2, 0.25) is 5.91 Å². The molecule has 3 rings (SSSR count). The van der Waals surface area contributed by atoms with Gasteiger partial charge in [0.05, 0.1) is 17.0 Å². The van der Waals surface area contributed by atoms with Gasteiger partial charge in [0, 0.05) is 24.4 Å². The Bertz CT molecular complexity index is 995. The molecule has 0 spiro atoms. The molecule has 0 saturated carbocycles. The van der Waals surface area contributed by atoms with Crippen molar-refractivity contribution in [2.45, 2.75) is 13.5 Å². The Kier molecular flexibility index (Phi) is 4.75.